The molecular formula is C24H24FN3O. The minimum Gasteiger partial charge on any atom is -0.357 e. The van der Waals surface area contributed by atoms with Gasteiger partial charge in [-0.05, 0) is 55.0 Å². The van der Waals surface area contributed by atoms with Crippen LogP contribution in [0, 0.1) is 11.7 Å². The average molecular weight is 389 g/mol. The fraction of sp³-hybridized carbons (Fsp3) is 0.250. The van der Waals surface area contributed by atoms with E-state index in [1.807, 2.05) is 12.1 Å². The van der Waals surface area contributed by atoms with E-state index in [4.69, 9.17) is 0 Å². The molecule has 0 unspecified atom stereocenters. The molecule has 1 amide bonds. The van der Waals surface area contributed by atoms with E-state index in [2.05, 4.69) is 45.5 Å². The zero-order chi connectivity index (χ0) is 20.1. The number of rotatable bonds is 5. The summed E-state index contributed by atoms with van der Waals surface area (Å²) in [6, 6.07) is 20.3. The molecule has 148 valence electrons. The van der Waals surface area contributed by atoms with Crippen LogP contribution >= 0.6 is 0 Å². The van der Waals surface area contributed by atoms with Crippen molar-refractivity contribution in [3.8, 4) is 0 Å². The van der Waals surface area contributed by atoms with Gasteiger partial charge in [-0.3, -0.25) is 4.79 Å². The number of pyridine rings is 1. The quantitative estimate of drug-likeness (QED) is 0.673. The molecular weight excluding hydrogens is 365 g/mol. The Hall–Kier alpha value is -3.21. The summed E-state index contributed by atoms with van der Waals surface area (Å²) in [6.07, 6.45) is 5.04. The molecule has 29 heavy (non-hydrogen) atoms. The molecule has 4 rings (SSSR count). The third-order valence-electron chi connectivity index (χ3n) is 5.43. The number of carbonyl (C=O) groups excluding carboxylic acids is 1. The van der Waals surface area contributed by atoms with E-state index < -0.39 is 11.7 Å². The maximum atomic E-state index is 13.7. The summed E-state index contributed by atoms with van der Waals surface area (Å²) in [4.78, 5) is 19.0. The third-order valence-corrected chi connectivity index (χ3v) is 5.43. The molecule has 2 aromatic carbocycles. The average Bonchev–Trinajstić information content (AvgIpc) is 2.76. The standard InChI is InChI=1S/C24H24FN3O/c25-22-9-5-4-8-21(22)24(29)27-20-10-11-23(26-17-20)28-14-12-19(13-15-28)16-18-6-2-1-3-7-18/h1-11,17,19H,12-16H2,(H,27,29). The molecule has 3 aromatic rings. The largest absolute Gasteiger partial charge is 0.357 e. The summed E-state index contributed by atoms with van der Waals surface area (Å²) in [5.74, 6) is 0.604. The summed E-state index contributed by atoms with van der Waals surface area (Å²) in [5, 5.41) is 2.70. The summed E-state index contributed by atoms with van der Waals surface area (Å²) < 4.78 is 13.7. The molecule has 0 radical (unpaired) electrons. The Morgan fingerprint density at radius 1 is 1.00 bits per heavy atom. The lowest BCUT2D eigenvalue weighted by Crippen LogP contribution is -2.34. The van der Waals surface area contributed by atoms with Crippen molar-refractivity contribution in [1.82, 2.24) is 4.98 Å². The lowest BCUT2D eigenvalue weighted by molar-refractivity contribution is 0.102. The van der Waals surface area contributed by atoms with Crippen LogP contribution in [0.4, 0.5) is 15.9 Å². The van der Waals surface area contributed by atoms with Crippen molar-refractivity contribution < 1.29 is 9.18 Å². The summed E-state index contributed by atoms with van der Waals surface area (Å²) in [7, 11) is 0. The van der Waals surface area contributed by atoms with Gasteiger partial charge in [-0.15, -0.1) is 0 Å². The highest BCUT2D eigenvalue weighted by molar-refractivity contribution is 6.04. The molecule has 1 aliphatic rings. The topological polar surface area (TPSA) is 45.2 Å². The predicted octanol–water partition coefficient (Wildman–Crippen LogP) is 4.93. The molecule has 1 saturated heterocycles. The number of benzene rings is 2. The second kappa shape index (κ2) is 8.86. The van der Waals surface area contributed by atoms with Gasteiger partial charge in [0.15, 0.2) is 0 Å². The highest BCUT2D eigenvalue weighted by atomic mass is 19.1. The molecule has 5 heteroatoms. The number of anilines is 2. The zero-order valence-corrected chi connectivity index (χ0v) is 16.2. The molecule has 0 spiro atoms. The van der Waals surface area contributed by atoms with Crippen LogP contribution in [0.15, 0.2) is 72.9 Å². The van der Waals surface area contributed by atoms with Gasteiger partial charge < -0.3 is 10.2 Å². The Labute approximate surface area is 170 Å². The highest BCUT2D eigenvalue weighted by Gasteiger charge is 2.20. The lowest BCUT2D eigenvalue weighted by atomic mass is 9.90. The van der Waals surface area contributed by atoms with E-state index in [9.17, 15) is 9.18 Å². The molecule has 0 atom stereocenters. The van der Waals surface area contributed by atoms with Gasteiger partial charge >= 0.3 is 0 Å². The number of halogens is 1. The van der Waals surface area contributed by atoms with Crippen LogP contribution in [0.1, 0.15) is 28.8 Å². The SMILES string of the molecule is O=C(Nc1ccc(N2CCC(Cc3ccccc3)CC2)nc1)c1ccccc1F. The Morgan fingerprint density at radius 2 is 1.72 bits per heavy atom. The van der Waals surface area contributed by atoms with Crippen LogP contribution in [-0.2, 0) is 6.42 Å². The van der Waals surface area contributed by atoms with Crippen molar-refractivity contribution >= 4 is 17.4 Å². The van der Waals surface area contributed by atoms with Crippen LogP contribution in [-0.4, -0.2) is 24.0 Å². The second-order valence-corrected chi connectivity index (χ2v) is 7.46. The fourth-order valence-electron chi connectivity index (χ4n) is 3.80. The van der Waals surface area contributed by atoms with E-state index in [0.717, 1.165) is 38.2 Å². The lowest BCUT2D eigenvalue weighted by Gasteiger charge is -2.33. The second-order valence-electron chi connectivity index (χ2n) is 7.46. The van der Waals surface area contributed by atoms with Gasteiger partial charge in [0.2, 0.25) is 0 Å². The fourth-order valence-corrected chi connectivity index (χ4v) is 3.80. The molecule has 0 bridgehead atoms. The first-order chi connectivity index (χ1) is 14.2. The predicted molar refractivity (Wildman–Crippen MR) is 114 cm³/mol. The van der Waals surface area contributed by atoms with Crippen molar-refractivity contribution in [3.05, 3.63) is 89.9 Å². The number of amides is 1. The number of nitrogens with one attached hydrogen (secondary N) is 1. The van der Waals surface area contributed by atoms with Gasteiger partial charge in [0.05, 0.1) is 17.4 Å². The third kappa shape index (κ3) is 4.80. The van der Waals surface area contributed by atoms with Gasteiger partial charge in [0.25, 0.3) is 5.91 Å². The number of nitrogens with zero attached hydrogens (tertiary/aromatic N) is 2. The van der Waals surface area contributed by atoms with Crippen LogP contribution < -0.4 is 10.2 Å². The first-order valence-electron chi connectivity index (χ1n) is 10.00. The van der Waals surface area contributed by atoms with Gasteiger partial charge in [0.1, 0.15) is 11.6 Å². The molecule has 0 aliphatic carbocycles. The summed E-state index contributed by atoms with van der Waals surface area (Å²) >= 11 is 0. The van der Waals surface area contributed by atoms with Crippen molar-refractivity contribution in [2.24, 2.45) is 5.92 Å². The number of carbonyl (C=O) groups is 1. The summed E-state index contributed by atoms with van der Waals surface area (Å²) in [6.45, 7) is 1.96. The first kappa shape index (κ1) is 19.1. The van der Waals surface area contributed by atoms with Crippen molar-refractivity contribution in [1.29, 1.82) is 0 Å². The minimum atomic E-state index is -0.534. The number of aromatic nitrogens is 1. The van der Waals surface area contributed by atoms with E-state index in [0.29, 0.717) is 11.6 Å². The number of hydrogen-bond donors (Lipinski definition) is 1. The van der Waals surface area contributed by atoms with Gasteiger partial charge in [-0.25, -0.2) is 9.37 Å². The van der Waals surface area contributed by atoms with Gasteiger partial charge in [-0.2, -0.15) is 0 Å². The van der Waals surface area contributed by atoms with E-state index in [-0.39, 0.29) is 5.56 Å². The van der Waals surface area contributed by atoms with Crippen LogP contribution in [0.2, 0.25) is 0 Å². The molecule has 1 aliphatic heterocycles. The zero-order valence-electron chi connectivity index (χ0n) is 16.2. The molecule has 1 fully saturated rings. The van der Waals surface area contributed by atoms with Crippen molar-refractivity contribution in [3.63, 3.8) is 0 Å². The molecule has 1 N–H and O–H groups in total. The maximum absolute atomic E-state index is 13.7. The number of hydrogen-bond acceptors (Lipinski definition) is 3. The van der Waals surface area contributed by atoms with Crippen molar-refractivity contribution in [2.45, 2.75) is 19.3 Å². The highest BCUT2D eigenvalue weighted by Crippen LogP contribution is 2.25. The van der Waals surface area contributed by atoms with E-state index in [1.165, 1.54) is 17.7 Å². The van der Waals surface area contributed by atoms with Gasteiger partial charge in [0, 0.05) is 13.1 Å². The smallest absolute Gasteiger partial charge is 0.258 e. The van der Waals surface area contributed by atoms with Crippen LogP contribution in [0.5, 0.6) is 0 Å². The van der Waals surface area contributed by atoms with E-state index in [1.54, 1.807) is 18.3 Å². The Bertz CT molecular complexity index is 951. The van der Waals surface area contributed by atoms with Crippen molar-refractivity contribution in [2.75, 3.05) is 23.3 Å². The Balaban J connectivity index is 1.32. The minimum absolute atomic E-state index is 0.0251. The first-order valence-corrected chi connectivity index (χ1v) is 10.00. The molecule has 2 heterocycles. The number of piperidine rings is 1. The Morgan fingerprint density at radius 3 is 2.41 bits per heavy atom. The normalized spacial score (nSPS) is 14.6. The van der Waals surface area contributed by atoms with Crippen LogP contribution in [0.3, 0.4) is 0 Å². The van der Waals surface area contributed by atoms with Crippen LogP contribution in [0.25, 0.3) is 0 Å². The Kier molecular flexibility index (Phi) is 5.84. The van der Waals surface area contributed by atoms with Gasteiger partial charge in [-0.1, -0.05) is 42.5 Å². The molecule has 4 nitrogen and oxygen atoms in total. The summed E-state index contributed by atoms with van der Waals surface area (Å²) in [5.41, 5.74) is 1.98. The molecule has 0 saturated carbocycles. The maximum Gasteiger partial charge on any atom is 0.258 e. The monoisotopic (exact) mass is 389 g/mol. The molecule has 1 aromatic heterocycles. The van der Waals surface area contributed by atoms with E-state index >= 15 is 0 Å².